The van der Waals surface area contributed by atoms with Crippen LogP contribution in [0.3, 0.4) is 0 Å². The molecule has 0 amide bonds. The van der Waals surface area contributed by atoms with Gasteiger partial charge in [-0.05, 0) is 47.5 Å². The van der Waals surface area contributed by atoms with Gasteiger partial charge in [-0.25, -0.2) is 0 Å². The van der Waals surface area contributed by atoms with E-state index in [-0.39, 0.29) is 35.1 Å². The van der Waals surface area contributed by atoms with Crippen molar-refractivity contribution in [3.05, 3.63) is 71.5 Å². The Hall–Kier alpha value is -3.67. The predicted octanol–water partition coefficient (Wildman–Crippen LogP) is 3.85. The summed E-state index contributed by atoms with van der Waals surface area (Å²) >= 11 is 0. The number of allylic oxidation sites excluding steroid dienone is 3. The van der Waals surface area contributed by atoms with Crippen LogP contribution in [-0.2, 0) is 4.79 Å². The van der Waals surface area contributed by atoms with Crippen molar-refractivity contribution in [2.75, 3.05) is 14.2 Å². The topological polar surface area (TPSA) is 96.2 Å². The molecular formula is C21H20O6. The summed E-state index contributed by atoms with van der Waals surface area (Å²) in [7, 11) is 2.74. The van der Waals surface area contributed by atoms with Crippen molar-refractivity contribution >= 4 is 17.9 Å². The summed E-state index contributed by atoms with van der Waals surface area (Å²) in [5.74, 6) is -0.972. The predicted molar refractivity (Wildman–Crippen MR) is 103 cm³/mol. The minimum absolute atomic E-state index is 0.0852. The lowest BCUT2D eigenvalue weighted by atomic mass is 10.1. The summed E-state index contributed by atoms with van der Waals surface area (Å²) in [5, 5.41) is 29.1. The van der Waals surface area contributed by atoms with Crippen molar-refractivity contribution in [1.29, 1.82) is 0 Å². The first-order valence-corrected chi connectivity index (χ1v) is 7.81. The van der Waals surface area contributed by atoms with Crippen LogP contribution in [0.15, 0.2) is 60.4 Å². The Morgan fingerprint density at radius 1 is 0.926 bits per heavy atom. The fourth-order valence-corrected chi connectivity index (χ4v) is 2.08. The number of phenolic OH excluding ortho intramolecular Hbond substituents is 2. The van der Waals surface area contributed by atoms with Crippen LogP contribution < -0.4 is 9.47 Å². The normalized spacial score (nSPS) is 13.6. The zero-order chi connectivity index (χ0) is 21.6. The maximum atomic E-state index is 12.1. The number of rotatable bonds is 7. The molecule has 0 heterocycles. The molecule has 0 atom stereocenters. The van der Waals surface area contributed by atoms with Gasteiger partial charge in [-0.2, -0.15) is 0 Å². The maximum absolute atomic E-state index is 12.1. The van der Waals surface area contributed by atoms with E-state index >= 15 is 0 Å². The van der Waals surface area contributed by atoms with Crippen molar-refractivity contribution in [3.8, 4) is 23.0 Å². The maximum Gasteiger partial charge on any atom is 0.182 e. The first-order valence-electron chi connectivity index (χ1n) is 8.81. The molecule has 0 bridgehead atoms. The molecule has 3 N–H and O–H groups in total. The molecule has 2 aromatic rings. The quantitative estimate of drug-likeness (QED) is 0.389. The molecule has 0 aromatic heterocycles. The number of ketones is 1. The zero-order valence-electron chi connectivity index (χ0n) is 16.8. The first kappa shape index (κ1) is 16.8. The number of ether oxygens (including phenoxy) is 2. The Labute approximate surface area is 159 Å². The van der Waals surface area contributed by atoms with E-state index in [0.717, 1.165) is 18.2 Å². The Balaban J connectivity index is 2.21. The summed E-state index contributed by atoms with van der Waals surface area (Å²) < 4.78 is 25.9. The van der Waals surface area contributed by atoms with E-state index in [2.05, 4.69) is 0 Å². The second kappa shape index (κ2) is 9.15. The number of carbonyl (C=O) groups is 1. The van der Waals surface area contributed by atoms with Gasteiger partial charge in [0.1, 0.15) is 5.76 Å². The summed E-state index contributed by atoms with van der Waals surface area (Å²) in [5.41, 5.74) is 0.703. The standard InChI is InChI=1S/C21H20O6/c1-26-20-11-14(5-9-18(20)24)3-7-16(22)13-17(23)8-4-15-6-10-19(25)21(12-15)27-2/h3-13,22,24-25H,1-2H3/b7-3+,8-4+,16-13-/i3D,4D. The molecular weight excluding hydrogens is 348 g/mol. The number of phenols is 2. The molecule has 2 aromatic carbocycles. The van der Waals surface area contributed by atoms with Gasteiger partial charge in [-0.1, -0.05) is 24.2 Å². The van der Waals surface area contributed by atoms with Gasteiger partial charge in [0, 0.05) is 6.08 Å². The lowest BCUT2D eigenvalue weighted by Gasteiger charge is -2.03. The van der Waals surface area contributed by atoms with Crippen LogP contribution >= 0.6 is 0 Å². The van der Waals surface area contributed by atoms with E-state index in [9.17, 15) is 20.1 Å². The monoisotopic (exact) mass is 370 g/mol. The van der Waals surface area contributed by atoms with Gasteiger partial charge in [0.25, 0.3) is 0 Å². The largest absolute Gasteiger partial charge is 0.508 e. The molecule has 0 radical (unpaired) electrons. The minimum Gasteiger partial charge on any atom is -0.508 e. The lowest BCUT2D eigenvalue weighted by molar-refractivity contribution is -0.110. The van der Waals surface area contributed by atoms with Crippen molar-refractivity contribution in [2.45, 2.75) is 0 Å². The Kier molecular flexibility index (Phi) is 5.68. The third kappa shape index (κ3) is 5.67. The van der Waals surface area contributed by atoms with Crippen molar-refractivity contribution < 1.29 is 32.3 Å². The van der Waals surface area contributed by atoms with Gasteiger partial charge >= 0.3 is 0 Å². The molecule has 0 aliphatic heterocycles. The summed E-state index contributed by atoms with van der Waals surface area (Å²) in [6.07, 6.45) is 2.92. The lowest BCUT2D eigenvalue weighted by Crippen LogP contribution is -1.89. The highest BCUT2D eigenvalue weighted by Crippen LogP contribution is 2.27. The number of aromatic hydroxyl groups is 2. The number of benzene rings is 2. The molecule has 0 fully saturated rings. The van der Waals surface area contributed by atoms with Gasteiger partial charge in [0.05, 0.1) is 17.0 Å². The van der Waals surface area contributed by atoms with E-state index in [4.69, 9.17) is 12.2 Å². The second-order valence-corrected chi connectivity index (χ2v) is 5.32. The fraction of sp³-hybridized carbons (Fsp3) is 0.0952. The van der Waals surface area contributed by atoms with Gasteiger partial charge in [0.15, 0.2) is 28.8 Å². The highest BCUT2D eigenvalue weighted by atomic mass is 16.5. The number of aliphatic hydroxyl groups excluding tert-OH is 1. The van der Waals surface area contributed by atoms with E-state index in [1.165, 1.54) is 50.6 Å². The van der Waals surface area contributed by atoms with Crippen molar-refractivity contribution in [3.63, 3.8) is 0 Å². The molecule has 0 unspecified atom stereocenters. The average molecular weight is 370 g/mol. The van der Waals surface area contributed by atoms with Crippen molar-refractivity contribution in [1.82, 2.24) is 0 Å². The summed E-state index contributed by atoms with van der Waals surface area (Å²) in [4.78, 5) is 12.1. The molecule has 27 heavy (non-hydrogen) atoms. The molecule has 0 saturated carbocycles. The number of hydrogen-bond donors (Lipinski definition) is 3. The Morgan fingerprint density at radius 2 is 1.41 bits per heavy atom. The van der Waals surface area contributed by atoms with Crippen LogP contribution in [0.4, 0.5) is 0 Å². The summed E-state index contributed by atoms with van der Waals surface area (Å²) in [6, 6.07) is 8.19. The van der Waals surface area contributed by atoms with E-state index in [1.54, 1.807) is 0 Å². The fourth-order valence-electron chi connectivity index (χ4n) is 2.08. The highest BCUT2D eigenvalue weighted by Gasteiger charge is 2.02. The SMILES string of the molecule is [2H]/C(=C\C(=O)/C=C(O)/C=C(\[2H])c1ccc(O)c(OC)c1)c1ccc(O)c(OC)c1. The number of methoxy groups -OCH3 is 2. The first-order chi connectivity index (χ1) is 13.7. The second-order valence-electron chi connectivity index (χ2n) is 5.32. The molecule has 0 aliphatic rings. The zero-order valence-corrected chi connectivity index (χ0v) is 14.8. The minimum atomic E-state index is -0.660. The number of aliphatic hydroxyl groups is 1. The number of carbonyl (C=O) groups excluding carboxylic acids is 1. The highest BCUT2D eigenvalue weighted by molar-refractivity contribution is 6.02. The van der Waals surface area contributed by atoms with Crippen molar-refractivity contribution in [2.24, 2.45) is 0 Å². The van der Waals surface area contributed by atoms with Crippen LogP contribution in [-0.4, -0.2) is 35.3 Å². The Bertz CT molecular complexity index is 1010. The molecule has 140 valence electrons. The van der Waals surface area contributed by atoms with Gasteiger partial charge in [-0.15, -0.1) is 0 Å². The molecule has 0 aliphatic carbocycles. The summed E-state index contributed by atoms with van der Waals surface area (Å²) in [6.45, 7) is 0. The van der Waals surface area contributed by atoms with E-state index < -0.39 is 11.5 Å². The van der Waals surface area contributed by atoms with Gasteiger partial charge in [-0.3, -0.25) is 4.79 Å². The molecule has 2 rings (SSSR count). The molecule has 6 nitrogen and oxygen atoms in total. The van der Waals surface area contributed by atoms with Crippen LogP contribution in [0.25, 0.3) is 12.1 Å². The van der Waals surface area contributed by atoms with E-state index in [0.29, 0.717) is 11.1 Å². The van der Waals surface area contributed by atoms with Gasteiger partial charge < -0.3 is 24.8 Å². The van der Waals surface area contributed by atoms with Gasteiger partial charge in [0.2, 0.25) is 0 Å². The molecule has 6 heteroatoms. The van der Waals surface area contributed by atoms with Crippen LogP contribution in [0.2, 0.25) is 0 Å². The van der Waals surface area contributed by atoms with Crippen LogP contribution in [0, 0.1) is 0 Å². The third-order valence-electron chi connectivity index (χ3n) is 3.42. The van der Waals surface area contributed by atoms with Crippen LogP contribution in [0.5, 0.6) is 23.0 Å². The molecule has 0 saturated heterocycles. The van der Waals surface area contributed by atoms with E-state index in [1.807, 2.05) is 0 Å². The average Bonchev–Trinajstić information content (AvgIpc) is 2.68. The van der Waals surface area contributed by atoms with Crippen LogP contribution in [0.1, 0.15) is 13.9 Å². The molecule has 0 spiro atoms. The third-order valence-corrected chi connectivity index (χ3v) is 3.42. The smallest absolute Gasteiger partial charge is 0.182 e. The number of hydrogen-bond acceptors (Lipinski definition) is 6. The Morgan fingerprint density at radius 3 is 1.89 bits per heavy atom.